The van der Waals surface area contributed by atoms with Crippen molar-refractivity contribution < 1.29 is 9.26 Å². The number of aromatic nitrogens is 2. The summed E-state index contributed by atoms with van der Waals surface area (Å²) in [6.07, 6.45) is 2.22. The summed E-state index contributed by atoms with van der Waals surface area (Å²) in [5, 5.41) is 7.45. The van der Waals surface area contributed by atoms with Gasteiger partial charge in [-0.25, -0.2) is 0 Å². The Bertz CT molecular complexity index is 359. The molecule has 0 bridgehead atoms. The van der Waals surface area contributed by atoms with Gasteiger partial charge in [0, 0.05) is 13.2 Å². The van der Waals surface area contributed by atoms with E-state index in [9.17, 15) is 0 Å². The van der Waals surface area contributed by atoms with E-state index in [0.29, 0.717) is 24.3 Å². The largest absolute Gasteiger partial charge is 0.370 e. The van der Waals surface area contributed by atoms with Gasteiger partial charge in [0.25, 0.3) is 0 Å². The summed E-state index contributed by atoms with van der Waals surface area (Å²) in [7, 11) is 0. The Balaban J connectivity index is 2.07. The molecule has 1 N–H and O–H groups in total. The Hall–Kier alpha value is -0.940. The standard InChI is InChI=1S/C13H23N3O2/c1-4-17-11(9(2)3)12-15-13(18-16-12)10-6-5-7-14-8-10/h9-11,14H,4-8H2,1-3H3. The van der Waals surface area contributed by atoms with Gasteiger partial charge in [0.05, 0.1) is 5.92 Å². The van der Waals surface area contributed by atoms with Crippen LogP contribution in [0.25, 0.3) is 0 Å². The highest BCUT2D eigenvalue weighted by atomic mass is 16.5. The van der Waals surface area contributed by atoms with E-state index in [1.54, 1.807) is 0 Å². The molecule has 1 aliphatic heterocycles. The summed E-state index contributed by atoms with van der Waals surface area (Å²) < 4.78 is 11.1. The third kappa shape index (κ3) is 3.09. The van der Waals surface area contributed by atoms with Crippen LogP contribution in [0.3, 0.4) is 0 Å². The third-order valence-electron chi connectivity index (χ3n) is 3.31. The van der Waals surface area contributed by atoms with Crippen molar-refractivity contribution in [3.63, 3.8) is 0 Å². The Kier molecular flexibility index (Phi) is 4.72. The molecule has 1 saturated heterocycles. The average molecular weight is 253 g/mol. The summed E-state index contributed by atoms with van der Waals surface area (Å²) in [6.45, 7) is 8.89. The van der Waals surface area contributed by atoms with Gasteiger partial charge in [0.15, 0.2) is 0 Å². The van der Waals surface area contributed by atoms with Gasteiger partial charge in [-0.3, -0.25) is 0 Å². The van der Waals surface area contributed by atoms with Crippen molar-refractivity contribution in [3.05, 3.63) is 11.7 Å². The molecular weight excluding hydrogens is 230 g/mol. The van der Waals surface area contributed by atoms with Crippen molar-refractivity contribution in [3.8, 4) is 0 Å². The molecule has 2 unspecified atom stereocenters. The first kappa shape index (κ1) is 13.5. The predicted molar refractivity (Wildman–Crippen MR) is 68.3 cm³/mol. The molecule has 0 spiro atoms. The van der Waals surface area contributed by atoms with Crippen LogP contribution in [0.4, 0.5) is 0 Å². The molecule has 1 fully saturated rings. The molecule has 2 rings (SSSR count). The Morgan fingerprint density at radius 1 is 1.50 bits per heavy atom. The van der Waals surface area contributed by atoms with Gasteiger partial charge in [-0.05, 0) is 32.2 Å². The maximum Gasteiger partial charge on any atom is 0.231 e. The van der Waals surface area contributed by atoms with Crippen molar-refractivity contribution in [2.45, 2.75) is 45.6 Å². The highest BCUT2D eigenvalue weighted by Crippen LogP contribution is 2.27. The lowest BCUT2D eigenvalue weighted by molar-refractivity contribution is 0.0217. The summed E-state index contributed by atoms with van der Waals surface area (Å²) >= 11 is 0. The van der Waals surface area contributed by atoms with Crippen LogP contribution in [0.2, 0.25) is 0 Å². The molecule has 0 radical (unpaired) electrons. The number of hydrogen-bond donors (Lipinski definition) is 1. The lowest BCUT2D eigenvalue weighted by Gasteiger charge is -2.19. The van der Waals surface area contributed by atoms with Crippen LogP contribution in [-0.4, -0.2) is 29.8 Å². The van der Waals surface area contributed by atoms with Crippen molar-refractivity contribution in [2.24, 2.45) is 5.92 Å². The molecule has 0 amide bonds. The van der Waals surface area contributed by atoms with Crippen molar-refractivity contribution in [2.75, 3.05) is 19.7 Å². The molecule has 1 aliphatic rings. The van der Waals surface area contributed by atoms with E-state index in [1.807, 2.05) is 6.92 Å². The molecule has 102 valence electrons. The maximum atomic E-state index is 5.69. The van der Waals surface area contributed by atoms with Crippen LogP contribution >= 0.6 is 0 Å². The Morgan fingerprint density at radius 3 is 2.94 bits per heavy atom. The van der Waals surface area contributed by atoms with Gasteiger partial charge in [-0.15, -0.1) is 0 Å². The highest BCUT2D eigenvalue weighted by Gasteiger charge is 2.26. The molecule has 2 heterocycles. The number of nitrogens with one attached hydrogen (secondary N) is 1. The lowest BCUT2D eigenvalue weighted by atomic mass is 10.00. The van der Waals surface area contributed by atoms with Crippen molar-refractivity contribution in [1.82, 2.24) is 15.5 Å². The smallest absolute Gasteiger partial charge is 0.231 e. The fourth-order valence-corrected chi connectivity index (χ4v) is 2.34. The first-order valence-electron chi connectivity index (χ1n) is 6.88. The minimum Gasteiger partial charge on any atom is -0.370 e. The normalized spacial score (nSPS) is 22.3. The van der Waals surface area contributed by atoms with E-state index in [1.165, 1.54) is 6.42 Å². The number of nitrogens with zero attached hydrogens (tertiary/aromatic N) is 2. The first-order valence-corrected chi connectivity index (χ1v) is 6.88. The minimum absolute atomic E-state index is 0.0657. The quantitative estimate of drug-likeness (QED) is 0.872. The van der Waals surface area contributed by atoms with Crippen molar-refractivity contribution >= 4 is 0 Å². The zero-order chi connectivity index (χ0) is 13.0. The average Bonchev–Trinajstić information content (AvgIpc) is 2.86. The number of ether oxygens (including phenoxy) is 1. The van der Waals surface area contributed by atoms with Crippen LogP contribution in [0.1, 0.15) is 57.3 Å². The summed E-state index contributed by atoms with van der Waals surface area (Å²) in [5.41, 5.74) is 0. The molecule has 5 heteroatoms. The van der Waals surface area contributed by atoms with Crippen LogP contribution in [0, 0.1) is 5.92 Å². The van der Waals surface area contributed by atoms with Crippen LogP contribution in [-0.2, 0) is 4.74 Å². The Morgan fingerprint density at radius 2 is 2.33 bits per heavy atom. The molecular formula is C13H23N3O2. The van der Waals surface area contributed by atoms with Gasteiger partial charge >= 0.3 is 0 Å². The van der Waals surface area contributed by atoms with Gasteiger partial charge < -0.3 is 14.6 Å². The third-order valence-corrected chi connectivity index (χ3v) is 3.31. The van der Waals surface area contributed by atoms with Gasteiger partial charge in [0.2, 0.25) is 11.7 Å². The van der Waals surface area contributed by atoms with E-state index >= 15 is 0 Å². The fraction of sp³-hybridized carbons (Fsp3) is 0.846. The maximum absolute atomic E-state index is 5.69. The minimum atomic E-state index is -0.0657. The number of rotatable bonds is 5. The monoisotopic (exact) mass is 253 g/mol. The number of piperidine rings is 1. The summed E-state index contributed by atoms with van der Waals surface area (Å²) in [4.78, 5) is 4.53. The van der Waals surface area contributed by atoms with Crippen LogP contribution in [0.15, 0.2) is 4.52 Å². The molecule has 1 aromatic heterocycles. The van der Waals surface area contributed by atoms with Crippen LogP contribution < -0.4 is 5.32 Å². The lowest BCUT2D eigenvalue weighted by Crippen LogP contribution is -2.28. The second-order valence-corrected chi connectivity index (χ2v) is 5.15. The predicted octanol–water partition coefficient (Wildman–Crippen LogP) is 2.27. The van der Waals surface area contributed by atoms with Crippen LogP contribution in [0.5, 0.6) is 0 Å². The topological polar surface area (TPSA) is 60.2 Å². The zero-order valence-electron chi connectivity index (χ0n) is 11.5. The molecule has 0 saturated carbocycles. The van der Waals surface area contributed by atoms with E-state index < -0.39 is 0 Å². The molecule has 2 atom stereocenters. The molecule has 5 nitrogen and oxygen atoms in total. The summed E-state index contributed by atoms with van der Waals surface area (Å²) in [6, 6.07) is 0. The molecule has 0 aliphatic carbocycles. The molecule has 1 aromatic rings. The SMILES string of the molecule is CCOC(c1noc(C2CCCNC2)n1)C(C)C. The van der Waals surface area contributed by atoms with E-state index in [2.05, 4.69) is 29.3 Å². The Labute approximate surface area is 108 Å². The van der Waals surface area contributed by atoms with Gasteiger partial charge in [-0.1, -0.05) is 19.0 Å². The van der Waals surface area contributed by atoms with Gasteiger partial charge in [0.1, 0.15) is 6.10 Å². The molecule has 0 aromatic carbocycles. The second kappa shape index (κ2) is 6.29. The van der Waals surface area contributed by atoms with E-state index in [4.69, 9.17) is 9.26 Å². The van der Waals surface area contributed by atoms with Gasteiger partial charge in [-0.2, -0.15) is 4.98 Å². The zero-order valence-corrected chi connectivity index (χ0v) is 11.5. The highest BCUT2D eigenvalue weighted by molar-refractivity contribution is 4.99. The summed E-state index contributed by atoms with van der Waals surface area (Å²) in [5.74, 6) is 2.14. The first-order chi connectivity index (χ1) is 8.72. The molecule has 18 heavy (non-hydrogen) atoms. The van der Waals surface area contributed by atoms with E-state index in [0.717, 1.165) is 25.4 Å². The van der Waals surface area contributed by atoms with E-state index in [-0.39, 0.29) is 6.10 Å². The number of hydrogen-bond acceptors (Lipinski definition) is 5. The van der Waals surface area contributed by atoms with Crippen molar-refractivity contribution in [1.29, 1.82) is 0 Å². The fourth-order valence-electron chi connectivity index (χ4n) is 2.34. The second-order valence-electron chi connectivity index (χ2n) is 5.15.